The first kappa shape index (κ1) is 13.8. The lowest BCUT2D eigenvalue weighted by Gasteiger charge is -2.39. The second-order valence-corrected chi connectivity index (χ2v) is 6.59. The Morgan fingerprint density at radius 3 is 2.83 bits per heavy atom. The Hall–Kier alpha value is -0.610. The van der Waals surface area contributed by atoms with E-state index in [0.29, 0.717) is 6.04 Å². The van der Waals surface area contributed by atoms with Crippen molar-refractivity contribution in [1.82, 2.24) is 15.5 Å². The molecular formula is C14H27N3O. The molecule has 2 fully saturated rings. The first-order chi connectivity index (χ1) is 8.49. The molecule has 2 aliphatic rings. The lowest BCUT2D eigenvalue weighted by atomic mass is 9.77. The van der Waals surface area contributed by atoms with Gasteiger partial charge in [-0.2, -0.15) is 0 Å². The van der Waals surface area contributed by atoms with Gasteiger partial charge < -0.3 is 15.5 Å². The third-order valence-electron chi connectivity index (χ3n) is 4.36. The number of likely N-dealkylation sites (N-methyl/N-ethyl adjacent to an activating group) is 1. The smallest absolute Gasteiger partial charge is 0.237 e. The van der Waals surface area contributed by atoms with E-state index in [1.54, 1.807) is 0 Å². The highest BCUT2D eigenvalue weighted by Gasteiger charge is 2.37. The normalized spacial score (nSPS) is 33.1. The van der Waals surface area contributed by atoms with Gasteiger partial charge in [-0.1, -0.05) is 13.8 Å². The van der Waals surface area contributed by atoms with Crippen LogP contribution in [0.4, 0.5) is 0 Å². The zero-order chi connectivity index (χ0) is 13.2. The molecule has 0 bridgehead atoms. The Bertz CT molecular complexity index is 303. The second-order valence-electron chi connectivity index (χ2n) is 6.59. The maximum absolute atomic E-state index is 12.4. The molecule has 4 nitrogen and oxygen atoms in total. The van der Waals surface area contributed by atoms with Gasteiger partial charge in [0.05, 0.1) is 6.04 Å². The standard InChI is InChI=1S/C14H27N3O/c1-14(2)7-5-8-15-12(14)13(18)16-11-6-4-9-17(3)10-11/h11-12,15H,4-10H2,1-3H3,(H,16,18). The van der Waals surface area contributed by atoms with E-state index >= 15 is 0 Å². The number of carbonyl (C=O) groups is 1. The van der Waals surface area contributed by atoms with Crippen LogP contribution < -0.4 is 10.6 Å². The topological polar surface area (TPSA) is 44.4 Å². The SMILES string of the molecule is CN1CCCC(NC(=O)C2NCCCC2(C)C)C1. The number of carbonyl (C=O) groups excluding carboxylic acids is 1. The molecule has 2 saturated heterocycles. The number of hydrogen-bond acceptors (Lipinski definition) is 3. The summed E-state index contributed by atoms with van der Waals surface area (Å²) in [7, 11) is 2.13. The molecule has 0 aromatic heterocycles. The molecule has 2 unspecified atom stereocenters. The summed E-state index contributed by atoms with van der Waals surface area (Å²) in [4.78, 5) is 14.7. The highest BCUT2D eigenvalue weighted by Crippen LogP contribution is 2.30. The average Bonchev–Trinajstić information content (AvgIpc) is 2.28. The summed E-state index contributed by atoms with van der Waals surface area (Å²) >= 11 is 0. The fraction of sp³-hybridized carbons (Fsp3) is 0.929. The van der Waals surface area contributed by atoms with Crippen molar-refractivity contribution in [3.63, 3.8) is 0 Å². The van der Waals surface area contributed by atoms with Crippen LogP contribution in [0.5, 0.6) is 0 Å². The van der Waals surface area contributed by atoms with E-state index in [9.17, 15) is 4.79 Å². The first-order valence-electron chi connectivity index (χ1n) is 7.21. The average molecular weight is 253 g/mol. The van der Waals surface area contributed by atoms with Crippen molar-refractivity contribution in [1.29, 1.82) is 0 Å². The van der Waals surface area contributed by atoms with Gasteiger partial charge in [0, 0.05) is 12.6 Å². The third-order valence-corrected chi connectivity index (χ3v) is 4.36. The van der Waals surface area contributed by atoms with Crippen LogP contribution in [-0.4, -0.2) is 49.6 Å². The van der Waals surface area contributed by atoms with Gasteiger partial charge in [0.15, 0.2) is 0 Å². The third kappa shape index (κ3) is 3.23. The highest BCUT2D eigenvalue weighted by molar-refractivity contribution is 5.83. The number of nitrogens with one attached hydrogen (secondary N) is 2. The van der Waals surface area contributed by atoms with Crippen LogP contribution >= 0.6 is 0 Å². The van der Waals surface area contributed by atoms with Gasteiger partial charge in [-0.15, -0.1) is 0 Å². The molecule has 0 aromatic rings. The maximum Gasteiger partial charge on any atom is 0.237 e. The van der Waals surface area contributed by atoms with Crippen molar-refractivity contribution in [2.75, 3.05) is 26.7 Å². The van der Waals surface area contributed by atoms with Crippen LogP contribution in [0.2, 0.25) is 0 Å². The quantitative estimate of drug-likeness (QED) is 0.771. The molecule has 2 rings (SSSR count). The zero-order valence-corrected chi connectivity index (χ0v) is 12.0. The van der Waals surface area contributed by atoms with Crippen LogP contribution in [0.25, 0.3) is 0 Å². The van der Waals surface area contributed by atoms with E-state index in [0.717, 1.165) is 32.5 Å². The minimum atomic E-state index is -0.0292. The van der Waals surface area contributed by atoms with Crippen LogP contribution in [0.15, 0.2) is 0 Å². The van der Waals surface area contributed by atoms with E-state index in [4.69, 9.17) is 0 Å². The predicted molar refractivity (Wildman–Crippen MR) is 73.5 cm³/mol. The molecule has 1 amide bonds. The van der Waals surface area contributed by atoms with Gasteiger partial charge >= 0.3 is 0 Å². The molecule has 2 aliphatic heterocycles. The fourth-order valence-corrected chi connectivity index (χ4v) is 3.23. The highest BCUT2D eigenvalue weighted by atomic mass is 16.2. The summed E-state index contributed by atoms with van der Waals surface area (Å²) in [5.74, 6) is 0.194. The number of amides is 1. The summed E-state index contributed by atoms with van der Waals surface area (Å²) < 4.78 is 0. The van der Waals surface area contributed by atoms with Gasteiger partial charge in [-0.3, -0.25) is 4.79 Å². The lowest BCUT2D eigenvalue weighted by Crippen LogP contribution is -2.58. The van der Waals surface area contributed by atoms with Crippen molar-refractivity contribution in [3.05, 3.63) is 0 Å². The zero-order valence-electron chi connectivity index (χ0n) is 12.0. The molecule has 0 saturated carbocycles. The Kier molecular flexibility index (Phi) is 4.28. The largest absolute Gasteiger partial charge is 0.351 e. The Balaban J connectivity index is 1.90. The summed E-state index contributed by atoms with van der Waals surface area (Å²) in [6, 6.07) is 0.300. The van der Waals surface area contributed by atoms with Crippen LogP contribution in [0.1, 0.15) is 39.5 Å². The second kappa shape index (κ2) is 5.57. The van der Waals surface area contributed by atoms with Crippen LogP contribution in [-0.2, 0) is 4.79 Å². The Labute approximate surface area is 110 Å². The molecular weight excluding hydrogens is 226 g/mol. The van der Waals surface area contributed by atoms with Gasteiger partial charge in [0.25, 0.3) is 0 Å². The summed E-state index contributed by atoms with van der Waals surface area (Å²) in [6.45, 7) is 7.48. The van der Waals surface area contributed by atoms with E-state index in [-0.39, 0.29) is 17.4 Å². The molecule has 0 aliphatic carbocycles. The molecule has 2 heterocycles. The van der Waals surface area contributed by atoms with Gasteiger partial charge in [-0.05, 0) is 51.2 Å². The van der Waals surface area contributed by atoms with Crippen molar-refractivity contribution in [3.8, 4) is 0 Å². The van der Waals surface area contributed by atoms with E-state index < -0.39 is 0 Å². The summed E-state index contributed by atoms with van der Waals surface area (Å²) in [6.07, 6.45) is 4.60. The molecule has 104 valence electrons. The minimum Gasteiger partial charge on any atom is -0.351 e. The Morgan fingerprint density at radius 1 is 1.39 bits per heavy atom. The van der Waals surface area contributed by atoms with E-state index in [1.165, 1.54) is 12.8 Å². The molecule has 4 heteroatoms. The summed E-state index contributed by atoms with van der Waals surface area (Å²) in [5.41, 5.74) is 0.0723. The van der Waals surface area contributed by atoms with Gasteiger partial charge in [0.1, 0.15) is 0 Å². The van der Waals surface area contributed by atoms with Crippen molar-refractivity contribution >= 4 is 5.91 Å². The predicted octanol–water partition coefficient (Wildman–Crippen LogP) is 0.975. The lowest BCUT2D eigenvalue weighted by molar-refractivity contribution is -0.127. The molecule has 2 atom stereocenters. The molecule has 2 N–H and O–H groups in total. The number of rotatable bonds is 2. The minimum absolute atomic E-state index is 0.0292. The van der Waals surface area contributed by atoms with E-state index in [1.807, 2.05) is 0 Å². The fourth-order valence-electron chi connectivity index (χ4n) is 3.23. The first-order valence-corrected chi connectivity index (χ1v) is 7.21. The molecule has 0 spiro atoms. The number of likely N-dealkylation sites (tertiary alicyclic amines) is 1. The number of hydrogen-bond donors (Lipinski definition) is 2. The monoisotopic (exact) mass is 253 g/mol. The van der Waals surface area contributed by atoms with Crippen molar-refractivity contribution < 1.29 is 4.79 Å². The summed E-state index contributed by atoms with van der Waals surface area (Å²) in [5, 5.41) is 6.62. The van der Waals surface area contributed by atoms with Gasteiger partial charge in [0.2, 0.25) is 5.91 Å². The Morgan fingerprint density at radius 2 is 2.17 bits per heavy atom. The number of nitrogens with zero attached hydrogens (tertiary/aromatic N) is 1. The van der Waals surface area contributed by atoms with Crippen LogP contribution in [0.3, 0.4) is 0 Å². The van der Waals surface area contributed by atoms with Gasteiger partial charge in [-0.25, -0.2) is 0 Å². The van der Waals surface area contributed by atoms with Crippen molar-refractivity contribution in [2.45, 2.75) is 51.6 Å². The maximum atomic E-state index is 12.4. The van der Waals surface area contributed by atoms with E-state index in [2.05, 4.69) is 36.4 Å². The molecule has 18 heavy (non-hydrogen) atoms. The molecule has 0 radical (unpaired) electrons. The van der Waals surface area contributed by atoms with Crippen molar-refractivity contribution in [2.24, 2.45) is 5.41 Å². The molecule has 0 aromatic carbocycles. The number of piperidine rings is 2. The van der Waals surface area contributed by atoms with Crippen LogP contribution in [0, 0.1) is 5.41 Å².